The molecule has 1 aromatic carbocycles. The molecule has 0 fully saturated rings. The van der Waals surface area contributed by atoms with Crippen molar-refractivity contribution in [1.29, 1.82) is 0 Å². The van der Waals surface area contributed by atoms with Crippen LogP contribution in [-0.4, -0.2) is 78.5 Å². The number of nitrogens with two attached hydrogens (primary N) is 4. The molecule has 22 heteroatoms. The second-order valence-electron chi connectivity index (χ2n) is 13.5. The summed E-state index contributed by atoms with van der Waals surface area (Å²) in [6, 6.07) is 12.0. The second kappa shape index (κ2) is 20.4. The number of nitrogens with one attached hydrogen (secondary N) is 6. The molecule has 0 spiro atoms. The van der Waals surface area contributed by atoms with Gasteiger partial charge in [0.05, 0.1) is 35.6 Å². The number of carbonyl (C=O) groups excluding carboxylic acids is 6. The number of hydrogen-bond donors (Lipinski definition) is 10. The first-order chi connectivity index (χ1) is 27.5. The molecular formula is C38H46Cl2N14O6. The van der Waals surface area contributed by atoms with Crippen LogP contribution in [0.1, 0.15) is 75.5 Å². The molecule has 4 aromatic heterocycles. The molecule has 5 rings (SSSR count). The van der Waals surface area contributed by atoms with E-state index in [1.807, 2.05) is 0 Å². The van der Waals surface area contributed by atoms with E-state index in [2.05, 4.69) is 31.9 Å². The van der Waals surface area contributed by atoms with Crippen molar-refractivity contribution >= 4 is 69.9 Å². The zero-order chi connectivity index (χ0) is 42.3. The van der Waals surface area contributed by atoms with Crippen molar-refractivity contribution in [3.05, 3.63) is 107 Å². The third-order valence-electron chi connectivity index (χ3n) is 8.79. The Balaban J connectivity index is 0.00000480. The second-order valence-corrected chi connectivity index (χ2v) is 13.5. The van der Waals surface area contributed by atoms with Crippen LogP contribution in [0.2, 0.25) is 0 Å². The van der Waals surface area contributed by atoms with E-state index in [0.717, 1.165) is 0 Å². The van der Waals surface area contributed by atoms with Gasteiger partial charge in [0.25, 0.3) is 35.4 Å². The Morgan fingerprint density at radius 3 is 0.983 bits per heavy atom. The number of amides is 6. The van der Waals surface area contributed by atoms with Gasteiger partial charge in [-0.2, -0.15) is 0 Å². The minimum Gasteiger partial charge on any atom is -1.00 e. The molecule has 0 saturated heterocycles. The van der Waals surface area contributed by atoms with E-state index in [4.69, 9.17) is 22.3 Å². The molecule has 14 N–H and O–H groups in total. The third kappa shape index (κ3) is 11.9. The Morgan fingerprint density at radius 1 is 0.467 bits per heavy atom. The Morgan fingerprint density at radius 2 is 0.717 bits per heavy atom. The molecule has 0 radical (unpaired) electrons. The van der Waals surface area contributed by atoms with Crippen LogP contribution in [0.3, 0.4) is 0 Å². The van der Waals surface area contributed by atoms with Gasteiger partial charge >= 0.3 is 0 Å². The van der Waals surface area contributed by atoms with Crippen LogP contribution in [0.5, 0.6) is 0 Å². The highest BCUT2D eigenvalue weighted by atomic mass is 35.5. The van der Waals surface area contributed by atoms with Gasteiger partial charge < -0.3 is 75.0 Å². The number of halogens is 2. The first kappa shape index (κ1) is 47.1. The van der Waals surface area contributed by atoms with Gasteiger partial charge in [0.2, 0.25) is 11.7 Å². The molecular weight excluding hydrogens is 819 g/mol. The van der Waals surface area contributed by atoms with Crippen molar-refractivity contribution in [2.75, 3.05) is 34.4 Å². The van der Waals surface area contributed by atoms with Crippen molar-refractivity contribution in [2.45, 2.75) is 12.8 Å². The Labute approximate surface area is 356 Å². The van der Waals surface area contributed by atoms with E-state index in [-0.39, 0.29) is 83.9 Å². The number of anilines is 4. The first-order valence-corrected chi connectivity index (χ1v) is 17.8. The number of aryl methyl sites for hydroxylation is 4. The van der Waals surface area contributed by atoms with Crippen LogP contribution in [0, 0.1) is 0 Å². The average Bonchev–Trinajstić information content (AvgIpc) is 3.92. The topological polar surface area (TPSA) is 298 Å². The van der Waals surface area contributed by atoms with Gasteiger partial charge in [0, 0.05) is 77.2 Å². The largest absolute Gasteiger partial charge is 1.00 e. The van der Waals surface area contributed by atoms with E-state index in [9.17, 15) is 28.8 Å². The molecule has 0 unspecified atom stereocenters. The summed E-state index contributed by atoms with van der Waals surface area (Å²) in [4.78, 5) is 77.4. The molecule has 0 aliphatic rings. The fourth-order valence-corrected chi connectivity index (χ4v) is 5.83. The SMILES string of the molecule is Cn1cc(NC(=O)c2cc(NC(=O)c3ccc(C(=O)Nc4cc(C(=O)Nc5cc(C(=O)NCCC(N)=[NH2+])n(C)c5)n(C)c4)cc3)cn2C)cc1C(=O)NCCC(N)=[NH2+].[Cl-].[Cl-]. The molecule has 0 aliphatic heterocycles. The summed E-state index contributed by atoms with van der Waals surface area (Å²) in [6.07, 6.45) is 6.99. The summed E-state index contributed by atoms with van der Waals surface area (Å²) in [5.41, 5.74) is 14.0. The number of amidine groups is 2. The lowest BCUT2D eigenvalue weighted by molar-refractivity contribution is -0.118. The van der Waals surface area contributed by atoms with Crippen LogP contribution < -0.4 is 79.0 Å². The van der Waals surface area contributed by atoms with E-state index in [0.29, 0.717) is 47.0 Å². The molecule has 20 nitrogen and oxygen atoms in total. The van der Waals surface area contributed by atoms with Crippen LogP contribution in [0.15, 0.2) is 73.3 Å². The monoisotopic (exact) mass is 864 g/mol. The average molecular weight is 866 g/mol. The maximum absolute atomic E-state index is 13.1. The normalized spacial score (nSPS) is 10.3. The van der Waals surface area contributed by atoms with Gasteiger partial charge in [-0.15, -0.1) is 0 Å². The van der Waals surface area contributed by atoms with Gasteiger partial charge in [-0.25, -0.2) is 0 Å². The van der Waals surface area contributed by atoms with Crippen molar-refractivity contribution < 1.29 is 64.4 Å². The van der Waals surface area contributed by atoms with E-state index >= 15 is 0 Å². The van der Waals surface area contributed by atoms with Crippen molar-refractivity contribution in [3.63, 3.8) is 0 Å². The zero-order valence-electron chi connectivity index (χ0n) is 33.1. The van der Waals surface area contributed by atoms with Crippen molar-refractivity contribution in [1.82, 2.24) is 28.9 Å². The maximum atomic E-state index is 13.1. The zero-order valence-corrected chi connectivity index (χ0v) is 34.6. The summed E-state index contributed by atoms with van der Waals surface area (Å²) in [7, 11) is 6.63. The summed E-state index contributed by atoms with van der Waals surface area (Å²) in [5, 5.41) is 27.3. The van der Waals surface area contributed by atoms with E-state index in [1.54, 1.807) is 71.2 Å². The third-order valence-corrected chi connectivity index (χ3v) is 8.79. The lowest BCUT2D eigenvalue weighted by atomic mass is 10.1. The minimum absolute atomic E-state index is 0. The lowest BCUT2D eigenvalue weighted by Gasteiger charge is -2.05. The quantitative estimate of drug-likeness (QED) is 0.0335. The molecule has 5 aromatic rings. The number of aromatic nitrogens is 4. The first-order valence-electron chi connectivity index (χ1n) is 17.8. The summed E-state index contributed by atoms with van der Waals surface area (Å²) >= 11 is 0. The minimum atomic E-state index is -0.475. The Kier molecular flexibility index (Phi) is 16.0. The molecule has 0 bridgehead atoms. The predicted molar refractivity (Wildman–Crippen MR) is 216 cm³/mol. The van der Waals surface area contributed by atoms with Crippen LogP contribution >= 0.6 is 0 Å². The van der Waals surface area contributed by atoms with Gasteiger partial charge in [-0.3, -0.25) is 51.1 Å². The maximum Gasteiger partial charge on any atom is 0.272 e. The standard InChI is InChI=1S/C38H44N14O6.2ClH/c1-49-19-25(13-27(49)35(55)43-11-9-31(39)40)47-37(57)29-15-23(17-51(29)3)45-33(53)21-5-7-22(8-6-21)34(54)46-24-16-30(52(4)18-24)38(58)48-26-14-28(50(2)20-26)36(56)44-12-10-32(41)42;;/h5-8,13-20H,9-12H2,1-4H3,(H3,39,40)(H3,41,42)(H,43,55)(H,44,56)(H,45,53)(H,46,54)(H,47,57)(H,48,58);2*1H. The van der Waals surface area contributed by atoms with Crippen LogP contribution in [0.25, 0.3) is 0 Å². The summed E-state index contributed by atoms with van der Waals surface area (Å²) in [6.45, 7) is 0.529. The molecule has 318 valence electrons. The van der Waals surface area contributed by atoms with Gasteiger partial charge in [-0.1, -0.05) is 0 Å². The Bertz CT molecular complexity index is 2280. The molecule has 0 aliphatic carbocycles. The Hall–Kier alpha value is -7.32. The highest BCUT2D eigenvalue weighted by Crippen LogP contribution is 2.21. The summed E-state index contributed by atoms with van der Waals surface area (Å²) < 4.78 is 6.23. The number of hydrogen-bond acceptors (Lipinski definition) is 6. The fraction of sp³-hybridized carbons (Fsp3) is 0.211. The molecule has 6 amide bonds. The van der Waals surface area contributed by atoms with Crippen LogP contribution in [0.4, 0.5) is 22.7 Å². The van der Waals surface area contributed by atoms with Gasteiger partial charge in [0.15, 0.2) is 0 Å². The lowest BCUT2D eigenvalue weighted by Crippen LogP contribution is -3.00. The summed E-state index contributed by atoms with van der Waals surface area (Å²) in [5.74, 6) is -2.19. The van der Waals surface area contributed by atoms with Gasteiger partial charge in [-0.05, 0) is 48.5 Å². The molecule has 4 heterocycles. The number of rotatable bonds is 16. The molecule has 60 heavy (non-hydrogen) atoms. The van der Waals surface area contributed by atoms with Crippen molar-refractivity contribution in [3.8, 4) is 0 Å². The number of carbonyl (C=O) groups is 6. The highest BCUT2D eigenvalue weighted by molar-refractivity contribution is 6.10. The molecule has 0 saturated carbocycles. The molecule has 0 atom stereocenters. The number of nitrogens with zero attached hydrogens (tertiary/aromatic N) is 4. The smallest absolute Gasteiger partial charge is 0.272 e. The highest BCUT2D eigenvalue weighted by Gasteiger charge is 2.20. The van der Waals surface area contributed by atoms with Gasteiger partial charge in [0.1, 0.15) is 22.8 Å². The van der Waals surface area contributed by atoms with E-state index in [1.165, 1.54) is 48.5 Å². The van der Waals surface area contributed by atoms with Crippen molar-refractivity contribution in [2.24, 2.45) is 39.7 Å². The fourth-order valence-electron chi connectivity index (χ4n) is 5.83. The number of benzene rings is 1. The van der Waals surface area contributed by atoms with E-state index < -0.39 is 23.6 Å². The van der Waals surface area contributed by atoms with Crippen LogP contribution in [-0.2, 0) is 28.2 Å². The predicted octanol–water partition coefficient (Wildman–Crippen LogP) is -7.47.